The molecule has 3 rings (SSSR count). The van der Waals surface area contributed by atoms with E-state index in [4.69, 9.17) is 16.3 Å². The summed E-state index contributed by atoms with van der Waals surface area (Å²) < 4.78 is 6.16. The summed E-state index contributed by atoms with van der Waals surface area (Å²) in [5, 5.41) is 11.2. The van der Waals surface area contributed by atoms with Crippen LogP contribution in [0.5, 0.6) is 0 Å². The predicted molar refractivity (Wildman–Crippen MR) is 94.3 cm³/mol. The highest BCUT2D eigenvalue weighted by atomic mass is 79.9. The molecule has 0 saturated carbocycles. The number of nitro benzene ring substituents is 1. The number of non-ortho nitro benzene ring substituents is 1. The Morgan fingerprint density at radius 1 is 1.17 bits per heavy atom. The van der Waals surface area contributed by atoms with E-state index >= 15 is 0 Å². The molecule has 2 aromatic carbocycles. The summed E-state index contributed by atoms with van der Waals surface area (Å²) in [7, 11) is 0. The molecule has 0 aliphatic carbocycles. The van der Waals surface area contributed by atoms with Crippen LogP contribution in [0.4, 0.5) is 5.69 Å². The number of cyclic esters (lactones) is 1. The molecule has 0 bridgehead atoms. The summed E-state index contributed by atoms with van der Waals surface area (Å²) in [5.41, 5.74) is 1.30. The molecule has 0 amide bonds. The van der Waals surface area contributed by atoms with Crippen LogP contribution in [0.3, 0.4) is 0 Å². The Labute approximate surface area is 150 Å². The van der Waals surface area contributed by atoms with Gasteiger partial charge in [-0.1, -0.05) is 39.7 Å². The third-order valence-electron chi connectivity index (χ3n) is 3.36. The summed E-state index contributed by atoms with van der Waals surface area (Å²) >= 11 is 9.39. The smallest absolute Gasteiger partial charge is 0.343 e. The molecule has 0 fully saturated rings. The number of carbonyl (C=O) groups excluding carboxylic acids is 1. The van der Waals surface area contributed by atoms with Crippen molar-refractivity contribution in [2.45, 2.75) is 0 Å². The van der Waals surface area contributed by atoms with Gasteiger partial charge in [0.15, 0.2) is 0 Å². The highest BCUT2D eigenvalue weighted by molar-refractivity contribution is 9.10. The zero-order valence-electron chi connectivity index (χ0n) is 12.0. The quantitative estimate of drug-likeness (QED) is 0.311. The van der Waals surface area contributed by atoms with E-state index in [9.17, 15) is 14.9 Å². The van der Waals surface area contributed by atoms with Crippen LogP contribution in [0.15, 0.2) is 58.6 Å². The normalized spacial score (nSPS) is 15.3. The average molecular weight is 407 g/mol. The first kappa shape index (κ1) is 16.4. The Hall–Kier alpha value is -2.44. The van der Waals surface area contributed by atoms with Crippen LogP contribution in [0, 0.1) is 10.1 Å². The van der Waals surface area contributed by atoms with E-state index in [2.05, 4.69) is 15.9 Å². The summed E-state index contributed by atoms with van der Waals surface area (Å²) in [4.78, 5) is 22.4. The van der Waals surface area contributed by atoms with Gasteiger partial charge in [-0.15, -0.1) is 0 Å². The molecule has 0 spiro atoms. The largest absolute Gasteiger partial charge is 0.422 e. The van der Waals surface area contributed by atoms with Crippen LogP contribution in [-0.2, 0) is 9.53 Å². The van der Waals surface area contributed by atoms with E-state index in [1.165, 1.54) is 24.3 Å². The Balaban J connectivity index is 1.98. The number of nitro groups is 1. The summed E-state index contributed by atoms with van der Waals surface area (Å²) in [6.07, 6.45) is 3.06. The van der Waals surface area contributed by atoms with E-state index in [1.807, 2.05) is 24.3 Å². The molecule has 1 aliphatic rings. The SMILES string of the molecule is O=C1OC(c2ccc(Br)cc2)=CC1=Cc1cc([N+](=O)[O-])ccc1Cl. The Morgan fingerprint density at radius 3 is 2.54 bits per heavy atom. The van der Waals surface area contributed by atoms with Gasteiger partial charge in [-0.3, -0.25) is 10.1 Å². The molecular weight excluding hydrogens is 398 g/mol. The molecule has 5 nitrogen and oxygen atoms in total. The van der Waals surface area contributed by atoms with Gasteiger partial charge in [0.1, 0.15) is 5.76 Å². The maximum Gasteiger partial charge on any atom is 0.343 e. The molecule has 2 aromatic rings. The lowest BCUT2D eigenvalue weighted by atomic mass is 10.1. The topological polar surface area (TPSA) is 69.4 Å². The van der Waals surface area contributed by atoms with Crippen molar-refractivity contribution in [3.63, 3.8) is 0 Å². The highest BCUT2D eigenvalue weighted by Crippen LogP contribution is 2.30. The van der Waals surface area contributed by atoms with E-state index in [0.29, 0.717) is 16.3 Å². The van der Waals surface area contributed by atoms with Gasteiger partial charge >= 0.3 is 5.97 Å². The van der Waals surface area contributed by atoms with Gasteiger partial charge in [0.2, 0.25) is 0 Å². The van der Waals surface area contributed by atoms with Crippen molar-refractivity contribution in [2.24, 2.45) is 0 Å². The fourth-order valence-corrected chi connectivity index (χ4v) is 2.60. The van der Waals surface area contributed by atoms with Crippen molar-refractivity contribution in [3.05, 3.63) is 84.9 Å². The van der Waals surface area contributed by atoms with E-state index in [-0.39, 0.29) is 11.3 Å². The third kappa shape index (κ3) is 3.39. The van der Waals surface area contributed by atoms with Gasteiger partial charge in [0.05, 0.1) is 10.5 Å². The summed E-state index contributed by atoms with van der Waals surface area (Å²) in [6, 6.07) is 11.3. The molecule has 7 heteroatoms. The van der Waals surface area contributed by atoms with Gasteiger partial charge < -0.3 is 4.74 Å². The van der Waals surface area contributed by atoms with Crippen molar-refractivity contribution >= 4 is 51.0 Å². The first-order chi connectivity index (χ1) is 11.4. The number of esters is 1. The third-order valence-corrected chi connectivity index (χ3v) is 4.23. The second kappa shape index (κ2) is 6.59. The van der Waals surface area contributed by atoms with Crippen LogP contribution >= 0.6 is 27.5 Å². The number of hydrogen-bond donors (Lipinski definition) is 0. The molecule has 0 radical (unpaired) electrons. The molecule has 0 aromatic heterocycles. The lowest BCUT2D eigenvalue weighted by Gasteiger charge is -2.01. The number of rotatable bonds is 3. The number of benzene rings is 2. The number of halogens is 2. The maximum atomic E-state index is 12.0. The van der Waals surface area contributed by atoms with Crippen LogP contribution in [0.25, 0.3) is 11.8 Å². The second-order valence-electron chi connectivity index (χ2n) is 4.97. The fourth-order valence-electron chi connectivity index (χ4n) is 2.17. The van der Waals surface area contributed by atoms with Gasteiger partial charge in [-0.2, -0.15) is 0 Å². The molecule has 0 atom stereocenters. The van der Waals surface area contributed by atoms with E-state index < -0.39 is 10.9 Å². The first-order valence-corrected chi connectivity index (χ1v) is 7.96. The number of ether oxygens (including phenoxy) is 1. The van der Waals surface area contributed by atoms with Crippen LogP contribution in [-0.4, -0.2) is 10.9 Å². The number of nitrogens with zero attached hydrogens (tertiary/aromatic N) is 1. The molecule has 0 N–H and O–H groups in total. The lowest BCUT2D eigenvalue weighted by Crippen LogP contribution is -1.97. The Morgan fingerprint density at radius 2 is 1.88 bits per heavy atom. The summed E-state index contributed by atoms with van der Waals surface area (Å²) in [6.45, 7) is 0. The molecule has 120 valence electrons. The zero-order valence-corrected chi connectivity index (χ0v) is 14.4. The monoisotopic (exact) mass is 405 g/mol. The zero-order chi connectivity index (χ0) is 17.3. The van der Waals surface area contributed by atoms with Crippen molar-refractivity contribution in [1.29, 1.82) is 0 Å². The molecule has 24 heavy (non-hydrogen) atoms. The summed E-state index contributed by atoms with van der Waals surface area (Å²) in [5.74, 6) is -0.115. The van der Waals surface area contributed by atoms with Gasteiger partial charge in [-0.05, 0) is 30.4 Å². The molecule has 1 heterocycles. The van der Waals surface area contributed by atoms with Crippen LogP contribution < -0.4 is 0 Å². The van der Waals surface area contributed by atoms with Gasteiger partial charge in [0, 0.05) is 32.8 Å². The molecule has 1 aliphatic heterocycles. The molecular formula is C17H9BrClNO4. The highest BCUT2D eigenvalue weighted by Gasteiger charge is 2.22. The molecule has 0 saturated heterocycles. The Bertz CT molecular complexity index is 903. The Kier molecular flexibility index (Phi) is 4.51. The number of hydrogen-bond acceptors (Lipinski definition) is 4. The van der Waals surface area contributed by atoms with Gasteiger partial charge in [-0.25, -0.2) is 4.79 Å². The molecule has 0 unspecified atom stereocenters. The van der Waals surface area contributed by atoms with Crippen LogP contribution in [0.2, 0.25) is 5.02 Å². The predicted octanol–water partition coefficient (Wildman–Crippen LogP) is 4.99. The van der Waals surface area contributed by atoms with Crippen molar-refractivity contribution in [1.82, 2.24) is 0 Å². The fraction of sp³-hybridized carbons (Fsp3) is 0. The minimum Gasteiger partial charge on any atom is -0.422 e. The van der Waals surface area contributed by atoms with Crippen LogP contribution in [0.1, 0.15) is 11.1 Å². The van der Waals surface area contributed by atoms with Gasteiger partial charge in [0.25, 0.3) is 5.69 Å². The average Bonchev–Trinajstić information content (AvgIpc) is 2.91. The van der Waals surface area contributed by atoms with Crippen molar-refractivity contribution < 1.29 is 14.5 Å². The number of carbonyl (C=O) groups is 1. The van der Waals surface area contributed by atoms with E-state index in [1.54, 1.807) is 6.08 Å². The minimum atomic E-state index is -0.532. The van der Waals surface area contributed by atoms with Crippen molar-refractivity contribution in [3.8, 4) is 0 Å². The first-order valence-electron chi connectivity index (χ1n) is 6.79. The maximum absolute atomic E-state index is 12.0. The van der Waals surface area contributed by atoms with Crippen molar-refractivity contribution in [2.75, 3.05) is 0 Å². The second-order valence-corrected chi connectivity index (χ2v) is 6.29. The standard InChI is InChI=1S/C17H9BrClNO4/c18-13-3-1-10(2-4-13)16-9-12(17(21)24-16)7-11-8-14(20(22)23)5-6-15(11)19/h1-9H. The minimum absolute atomic E-state index is 0.102. The van der Waals surface area contributed by atoms with E-state index in [0.717, 1.165) is 10.0 Å². The lowest BCUT2D eigenvalue weighted by molar-refractivity contribution is -0.384.